The average Bonchev–Trinajstić information content (AvgIpc) is 2.33. The van der Waals surface area contributed by atoms with Gasteiger partial charge in [0.1, 0.15) is 11.9 Å². The highest BCUT2D eigenvalue weighted by molar-refractivity contribution is 6.30. The fourth-order valence-electron chi connectivity index (χ4n) is 1.58. The minimum absolute atomic E-state index is 0.176. The smallest absolute Gasteiger partial charge is 0.326 e. The second-order valence-corrected chi connectivity index (χ2v) is 4.57. The number of hydrogen-bond donors (Lipinski definition) is 2. The number of carbonyl (C=O) groups is 2. The lowest BCUT2D eigenvalue weighted by Gasteiger charge is -2.14. The van der Waals surface area contributed by atoms with Gasteiger partial charge in [0.25, 0.3) is 5.91 Å². The first kappa shape index (κ1) is 15.4. The van der Waals surface area contributed by atoms with Crippen LogP contribution in [0.2, 0.25) is 5.02 Å². The molecule has 0 aliphatic rings. The Labute approximate surface area is 115 Å². The molecule has 0 fully saturated rings. The van der Waals surface area contributed by atoms with E-state index in [0.717, 1.165) is 12.5 Å². The van der Waals surface area contributed by atoms with Crippen LogP contribution in [0, 0.1) is 5.82 Å². The van der Waals surface area contributed by atoms with Crippen LogP contribution in [0.5, 0.6) is 0 Å². The Morgan fingerprint density at radius 1 is 1.47 bits per heavy atom. The molecule has 0 aromatic heterocycles. The van der Waals surface area contributed by atoms with Gasteiger partial charge in [0, 0.05) is 5.02 Å². The topological polar surface area (TPSA) is 66.4 Å². The summed E-state index contributed by atoms with van der Waals surface area (Å²) >= 11 is 5.58. The summed E-state index contributed by atoms with van der Waals surface area (Å²) in [6.07, 6.45) is 1.79. The molecule has 6 heteroatoms. The Hall–Kier alpha value is -1.62. The highest BCUT2D eigenvalue weighted by Crippen LogP contribution is 2.15. The SMILES string of the molecule is CCCCC(NC(=O)c1ccc(Cl)cc1F)C(=O)O. The number of hydrogen-bond acceptors (Lipinski definition) is 2. The highest BCUT2D eigenvalue weighted by atomic mass is 35.5. The maximum Gasteiger partial charge on any atom is 0.326 e. The molecule has 1 unspecified atom stereocenters. The molecule has 1 aromatic carbocycles. The van der Waals surface area contributed by atoms with Gasteiger partial charge in [0.15, 0.2) is 0 Å². The summed E-state index contributed by atoms with van der Waals surface area (Å²) in [5.74, 6) is -2.65. The number of nitrogens with one attached hydrogen (secondary N) is 1. The number of rotatable bonds is 6. The number of aliphatic carboxylic acids is 1. The summed E-state index contributed by atoms with van der Waals surface area (Å²) in [7, 11) is 0. The zero-order valence-electron chi connectivity index (χ0n) is 10.5. The van der Waals surface area contributed by atoms with E-state index in [0.29, 0.717) is 12.8 Å². The molecule has 104 valence electrons. The van der Waals surface area contributed by atoms with Gasteiger partial charge in [-0.1, -0.05) is 31.4 Å². The van der Waals surface area contributed by atoms with Crippen molar-refractivity contribution in [3.8, 4) is 0 Å². The van der Waals surface area contributed by atoms with Crippen molar-refractivity contribution in [2.75, 3.05) is 0 Å². The molecule has 0 spiro atoms. The van der Waals surface area contributed by atoms with E-state index in [2.05, 4.69) is 5.32 Å². The third-order valence-electron chi connectivity index (χ3n) is 2.63. The number of unbranched alkanes of at least 4 members (excludes halogenated alkanes) is 1. The molecule has 0 aliphatic carbocycles. The van der Waals surface area contributed by atoms with Crippen LogP contribution in [0.25, 0.3) is 0 Å². The molecule has 19 heavy (non-hydrogen) atoms. The van der Waals surface area contributed by atoms with Gasteiger partial charge >= 0.3 is 5.97 Å². The van der Waals surface area contributed by atoms with E-state index in [1.165, 1.54) is 12.1 Å². The maximum absolute atomic E-state index is 13.5. The molecule has 4 nitrogen and oxygen atoms in total. The van der Waals surface area contributed by atoms with Gasteiger partial charge in [-0.05, 0) is 24.6 Å². The number of benzene rings is 1. The Bertz CT molecular complexity index is 479. The van der Waals surface area contributed by atoms with Crippen molar-refractivity contribution in [3.63, 3.8) is 0 Å². The molecule has 0 bridgehead atoms. The average molecular weight is 288 g/mol. The molecule has 0 heterocycles. The van der Waals surface area contributed by atoms with E-state index in [4.69, 9.17) is 16.7 Å². The predicted molar refractivity (Wildman–Crippen MR) is 69.8 cm³/mol. The number of carbonyl (C=O) groups excluding carboxylic acids is 1. The van der Waals surface area contributed by atoms with Crippen molar-refractivity contribution < 1.29 is 19.1 Å². The van der Waals surface area contributed by atoms with E-state index in [1.807, 2.05) is 6.92 Å². The zero-order chi connectivity index (χ0) is 14.4. The minimum atomic E-state index is -1.13. The Morgan fingerprint density at radius 2 is 2.16 bits per heavy atom. The van der Waals surface area contributed by atoms with Crippen molar-refractivity contribution in [1.82, 2.24) is 5.32 Å². The fraction of sp³-hybridized carbons (Fsp3) is 0.385. The van der Waals surface area contributed by atoms with Crippen LogP contribution >= 0.6 is 11.6 Å². The van der Waals surface area contributed by atoms with Gasteiger partial charge in [0.05, 0.1) is 5.56 Å². The third kappa shape index (κ3) is 4.52. The Kier molecular flexibility index (Phi) is 5.76. The molecular formula is C13H15ClFNO3. The van der Waals surface area contributed by atoms with E-state index in [9.17, 15) is 14.0 Å². The van der Waals surface area contributed by atoms with Gasteiger partial charge in [-0.3, -0.25) is 4.79 Å². The summed E-state index contributed by atoms with van der Waals surface area (Å²) in [4.78, 5) is 22.8. The molecule has 0 aliphatic heterocycles. The molecule has 1 atom stereocenters. The fourth-order valence-corrected chi connectivity index (χ4v) is 1.73. The molecular weight excluding hydrogens is 273 g/mol. The van der Waals surface area contributed by atoms with E-state index in [-0.39, 0.29) is 10.6 Å². The van der Waals surface area contributed by atoms with Gasteiger partial charge in [-0.2, -0.15) is 0 Å². The van der Waals surface area contributed by atoms with Crippen molar-refractivity contribution >= 4 is 23.5 Å². The van der Waals surface area contributed by atoms with Crippen LogP contribution in [-0.4, -0.2) is 23.0 Å². The standard InChI is InChI=1S/C13H15ClFNO3/c1-2-3-4-11(13(18)19)16-12(17)9-6-5-8(14)7-10(9)15/h5-7,11H,2-4H2,1H3,(H,16,17)(H,18,19). The summed E-state index contributed by atoms with van der Waals surface area (Å²) in [5.41, 5.74) is -0.216. The van der Waals surface area contributed by atoms with Gasteiger partial charge in [-0.15, -0.1) is 0 Å². The summed E-state index contributed by atoms with van der Waals surface area (Å²) in [6, 6.07) is 2.60. The van der Waals surface area contributed by atoms with Crippen LogP contribution in [0.3, 0.4) is 0 Å². The van der Waals surface area contributed by atoms with Crippen LogP contribution in [0.4, 0.5) is 4.39 Å². The van der Waals surface area contributed by atoms with E-state index in [1.54, 1.807) is 0 Å². The quantitative estimate of drug-likeness (QED) is 0.845. The Balaban J connectivity index is 2.78. The third-order valence-corrected chi connectivity index (χ3v) is 2.86. The maximum atomic E-state index is 13.5. The summed E-state index contributed by atoms with van der Waals surface area (Å²) in [6.45, 7) is 1.92. The van der Waals surface area contributed by atoms with Crippen LogP contribution in [-0.2, 0) is 4.79 Å². The first-order valence-corrected chi connectivity index (χ1v) is 6.32. The largest absolute Gasteiger partial charge is 0.480 e. The van der Waals surface area contributed by atoms with Gasteiger partial charge < -0.3 is 10.4 Å². The van der Waals surface area contributed by atoms with Crippen LogP contribution in [0.15, 0.2) is 18.2 Å². The normalized spacial score (nSPS) is 11.9. The molecule has 1 aromatic rings. The molecule has 1 amide bonds. The molecule has 0 saturated carbocycles. The molecule has 1 rings (SSSR count). The lowest BCUT2D eigenvalue weighted by Crippen LogP contribution is -2.41. The lowest BCUT2D eigenvalue weighted by molar-refractivity contribution is -0.139. The lowest BCUT2D eigenvalue weighted by atomic mass is 10.1. The van der Waals surface area contributed by atoms with Crippen molar-refractivity contribution in [2.45, 2.75) is 32.2 Å². The van der Waals surface area contributed by atoms with Crippen molar-refractivity contribution in [2.24, 2.45) is 0 Å². The number of carboxylic acid groups (broad SMARTS) is 1. The molecule has 0 radical (unpaired) electrons. The van der Waals surface area contributed by atoms with Gasteiger partial charge in [-0.25, -0.2) is 9.18 Å². The van der Waals surface area contributed by atoms with Gasteiger partial charge in [0.2, 0.25) is 0 Å². The molecule has 2 N–H and O–H groups in total. The second-order valence-electron chi connectivity index (χ2n) is 4.13. The van der Waals surface area contributed by atoms with Crippen molar-refractivity contribution in [1.29, 1.82) is 0 Å². The summed E-state index contributed by atoms with van der Waals surface area (Å²) in [5, 5.41) is 11.5. The molecule has 0 saturated heterocycles. The number of halogens is 2. The monoisotopic (exact) mass is 287 g/mol. The second kappa shape index (κ2) is 7.09. The highest BCUT2D eigenvalue weighted by Gasteiger charge is 2.21. The van der Waals surface area contributed by atoms with Crippen molar-refractivity contribution in [3.05, 3.63) is 34.6 Å². The van der Waals surface area contributed by atoms with Crippen LogP contribution < -0.4 is 5.32 Å². The number of carboxylic acids is 1. The van der Waals surface area contributed by atoms with E-state index >= 15 is 0 Å². The minimum Gasteiger partial charge on any atom is -0.480 e. The first-order chi connectivity index (χ1) is 8.95. The number of amides is 1. The predicted octanol–water partition coefficient (Wildman–Crippen LogP) is 2.85. The summed E-state index contributed by atoms with van der Waals surface area (Å²) < 4.78 is 13.5. The zero-order valence-corrected chi connectivity index (χ0v) is 11.2. The Morgan fingerprint density at radius 3 is 2.68 bits per heavy atom. The van der Waals surface area contributed by atoms with E-state index < -0.39 is 23.7 Å². The first-order valence-electron chi connectivity index (χ1n) is 5.94. The van der Waals surface area contributed by atoms with Crippen LogP contribution in [0.1, 0.15) is 36.5 Å².